The minimum atomic E-state index is -0.684. The number of benzene rings is 2. The van der Waals surface area contributed by atoms with Gasteiger partial charge in [0.05, 0.1) is 5.56 Å². The highest BCUT2D eigenvalue weighted by Crippen LogP contribution is 2.40. The molecule has 1 aliphatic heterocycles. The SMILES string of the molecule is Cc1sc(NC(=O)C2Cc3cc(Cl)ccc3O2)c(C(N)=O)c1-c1ccccc1. The maximum atomic E-state index is 12.8. The Morgan fingerprint density at radius 1 is 1.21 bits per heavy atom. The molecule has 1 aromatic heterocycles. The number of nitrogens with two attached hydrogens (primary N) is 1. The number of nitrogens with one attached hydrogen (secondary N) is 1. The second-order valence-corrected chi connectivity index (χ2v) is 8.18. The maximum Gasteiger partial charge on any atom is 0.266 e. The average Bonchev–Trinajstić information content (AvgIpc) is 3.22. The molecule has 0 radical (unpaired) electrons. The molecule has 0 bridgehead atoms. The molecule has 5 nitrogen and oxygen atoms in total. The summed E-state index contributed by atoms with van der Waals surface area (Å²) in [4.78, 5) is 25.9. The number of hydrogen-bond donors (Lipinski definition) is 2. The van der Waals surface area contributed by atoms with E-state index in [1.54, 1.807) is 18.2 Å². The molecule has 2 heterocycles. The van der Waals surface area contributed by atoms with E-state index in [0.717, 1.165) is 21.6 Å². The Morgan fingerprint density at radius 3 is 2.68 bits per heavy atom. The number of ether oxygens (including phenoxy) is 1. The van der Waals surface area contributed by atoms with Gasteiger partial charge in [0.2, 0.25) is 0 Å². The first-order valence-electron chi connectivity index (χ1n) is 8.68. The van der Waals surface area contributed by atoms with Crippen molar-refractivity contribution in [2.45, 2.75) is 19.4 Å². The number of carbonyl (C=O) groups is 2. The predicted octanol–water partition coefficient (Wildman–Crippen LogP) is 4.42. The maximum absolute atomic E-state index is 12.8. The summed E-state index contributed by atoms with van der Waals surface area (Å²) in [5, 5.41) is 3.87. The number of aryl methyl sites for hydroxylation is 1. The number of fused-ring (bicyclic) bond motifs is 1. The molecule has 1 atom stereocenters. The fraction of sp³-hybridized carbons (Fsp3) is 0.143. The normalized spacial score (nSPS) is 15.0. The van der Waals surface area contributed by atoms with Crippen molar-refractivity contribution in [3.8, 4) is 16.9 Å². The van der Waals surface area contributed by atoms with E-state index in [1.165, 1.54) is 11.3 Å². The Morgan fingerprint density at radius 2 is 1.96 bits per heavy atom. The lowest BCUT2D eigenvalue weighted by Crippen LogP contribution is -2.31. The molecule has 3 aromatic rings. The van der Waals surface area contributed by atoms with E-state index in [-0.39, 0.29) is 5.91 Å². The molecule has 1 unspecified atom stereocenters. The fourth-order valence-electron chi connectivity index (χ4n) is 3.38. The third-order valence-corrected chi connectivity index (χ3v) is 5.88. The van der Waals surface area contributed by atoms with Gasteiger partial charge in [0.25, 0.3) is 11.8 Å². The summed E-state index contributed by atoms with van der Waals surface area (Å²) in [6, 6.07) is 14.8. The Hall–Kier alpha value is -2.83. The minimum Gasteiger partial charge on any atom is -0.480 e. The van der Waals surface area contributed by atoms with Gasteiger partial charge in [-0.3, -0.25) is 9.59 Å². The number of halogens is 1. The molecule has 0 spiro atoms. The van der Waals surface area contributed by atoms with Crippen molar-refractivity contribution in [3.63, 3.8) is 0 Å². The van der Waals surface area contributed by atoms with Crippen LogP contribution in [0.25, 0.3) is 11.1 Å². The van der Waals surface area contributed by atoms with Crippen LogP contribution in [0.1, 0.15) is 20.8 Å². The zero-order valence-corrected chi connectivity index (χ0v) is 16.6. The molecule has 7 heteroatoms. The van der Waals surface area contributed by atoms with Gasteiger partial charge < -0.3 is 15.8 Å². The van der Waals surface area contributed by atoms with Crippen LogP contribution in [0.15, 0.2) is 48.5 Å². The van der Waals surface area contributed by atoms with Gasteiger partial charge >= 0.3 is 0 Å². The molecule has 142 valence electrons. The first-order valence-corrected chi connectivity index (χ1v) is 9.88. The smallest absolute Gasteiger partial charge is 0.266 e. The zero-order valence-electron chi connectivity index (χ0n) is 15.0. The molecule has 4 rings (SSSR count). The highest BCUT2D eigenvalue weighted by Gasteiger charge is 2.31. The molecule has 0 saturated carbocycles. The highest BCUT2D eigenvalue weighted by atomic mass is 35.5. The van der Waals surface area contributed by atoms with E-state index in [1.807, 2.05) is 37.3 Å². The molecule has 3 N–H and O–H groups in total. The summed E-state index contributed by atoms with van der Waals surface area (Å²) in [6.07, 6.45) is -0.263. The zero-order chi connectivity index (χ0) is 19.8. The van der Waals surface area contributed by atoms with Crippen molar-refractivity contribution in [2.24, 2.45) is 5.73 Å². The monoisotopic (exact) mass is 412 g/mol. The quantitative estimate of drug-likeness (QED) is 0.665. The number of anilines is 1. The van der Waals surface area contributed by atoms with Gasteiger partial charge in [-0.25, -0.2) is 0 Å². The molecule has 2 aromatic carbocycles. The molecule has 28 heavy (non-hydrogen) atoms. The average molecular weight is 413 g/mol. The number of hydrogen-bond acceptors (Lipinski definition) is 4. The van der Waals surface area contributed by atoms with Gasteiger partial charge in [-0.15, -0.1) is 11.3 Å². The third-order valence-electron chi connectivity index (χ3n) is 4.62. The van der Waals surface area contributed by atoms with Gasteiger partial charge in [-0.2, -0.15) is 0 Å². The molecular weight excluding hydrogens is 396 g/mol. The predicted molar refractivity (Wildman–Crippen MR) is 111 cm³/mol. The number of primary amides is 1. The van der Waals surface area contributed by atoms with E-state index in [9.17, 15) is 9.59 Å². The van der Waals surface area contributed by atoms with Crippen molar-refractivity contribution in [2.75, 3.05) is 5.32 Å². The van der Waals surface area contributed by atoms with Crippen molar-refractivity contribution in [3.05, 3.63) is 69.6 Å². The molecule has 0 saturated heterocycles. The van der Waals surface area contributed by atoms with Crippen LogP contribution in [-0.2, 0) is 11.2 Å². The summed E-state index contributed by atoms with van der Waals surface area (Å²) < 4.78 is 5.74. The summed E-state index contributed by atoms with van der Waals surface area (Å²) >= 11 is 7.34. The van der Waals surface area contributed by atoms with Crippen molar-refractivity contribution in [1.29, 1.82) is 0 Å². The summed E-state index contributed by atoms with van der Waals surface area (Å²) in [6.45, 7) is 1.90. The first kappa shape index (κ1) is 18.5. The third kappa shape index (κ3) is 3.37. The first-order chi connectivity index (χ1) is 13.4. The standard InChI is InChI=1S/C21H17ClN2O3S/c1-11-17(12-5-3-2-4-6-12)18(19(23)25)21(28-11)24-20(26)16-10-13-9-14(22)7-8-15(13)27-16/h2-9,16H,10H2,1H3,(H2,23,25)(H,24,26). The second-order valence-electron chi connectivity index (χ2n) is 6.52. The van der Waals surface area contributed by atoms with Gasteiger partial charge in [0, 0.05) is 21.9 Å². The Kier molecular flexibility index (Phi) is 4.83. The minimum absolute atomic E-state index is 0.320. The molecular formula is C21H17ClN2O3S. The lowest BCUT2D eigenvalue weighted by molar-refractivity contribution is -0.122. The van der Waals surface area contributed by atoms with E-state index < -0.39 is 12.0 Å². The van der Waals surface area contributed by atoms with Crippen LogP contribution in [0.3, 0.4) is 0 Å². The van der Waals surface area contributed by atoms with E-state index in [2.05, 4.69) is 5.32 Å². The molecule has 2 amide bonds. The van der Waals surface area contributed by atoms with Gasteiger partial charge in [0.1, 0.15) is 10.8 Å². The van der Waals surface area contributed by atoms with Crippen LogP contribution in [0.5, 0.6) is 5.75 Å². The van der Waals surface area contributed by atoms with Crippen molar-refractivity contribution < 1.29 is 14.3 Å². The number of rotatable bonds is 4. The topological polar surface area (TPSA) is 81.4 Å². The molecule has 1 aliphatic rings. The summed E-state index contributed by atoms with van der Waals surface area (Å²) in [5.41, 5.74) is 8.48. The van der Waals surface area contributed by atoms with Crippen LogP contribution in [0.2, 0.25) is 5.02 Å². The van der Waals surface area contributed by atoms with Gasteiger partial charge in [0.15, 0.2) is 6.10 Å². The highest BCUT2D eigenvalue weighted by molar-refractivity contribution is 7.17. The van der Waals surface area contributed by atoms with E-state index >= 15 is 0 Å². The lowest BCUT2D eigenvalue weighted by atomic mass is 10.0. The van der Waals surface area contributed by atoms with Gasteiger partial charge in [-0.1, -0.05) is 41.9 Å². The van der Waals surface area contributed by atoms with Crippen LogP contribution in [0.4, 0.5) is 5.00 Å². The second kappa shape index (κ2) is 7.30. The van der Waals surface area contributed by atoms with E-state index in [4.69, 9.17) is 22.1 Å². The number of carbonyl (C=O) groups excluding carboxylic acids is 2. The van der Waals surface area contributed by atoms with Crippen LogP contribution in [0, 0.1) is 6.92 Å². The molecule has 0 aliphatic carbocycles. The Balaban J connectivity index is 1.62. The van der Waals surface area contributed by atoms with Crippen LogP contribution < -0.4 is 15.8 Å². The summed E-state index contributed by atoms with van der Waals surface area (Å²) in [7, 11) is 0. The summed E-state index contributed by atoms with van der Waals surface area (Å²) in [5.74, 6) is -0.261. The Labute approximate surface area is 171 Å². The largest absolute Gasteiger partial charge is 0.480 e. The van der Waals surface area contributed by atoms with E-state index in [0.29, 0.717) is 27.8 Å². The Bertz CT molecular complexity index is 1080. The number of amides is 2. The fourth-order valence-corrected chi connectivity index (χ4v) is 4.66. The lowest BCUT2D eigenvalue weighted by Gasteiger charge is -2.11. The van der Waals surface area contributed by atoms with Crippen molar-refractivity contribution in [1.82, 2.24) is 0 Å². The van der Waals surface area contributed by atoms with Gasteiger partial charge in [-0.05, 0) is 36.2 Å². The van der Waals surface area contributed by atoms with Crippen LogP contribution >= 0.6 is 22.9 Å². The number of thiophene rings is 1. The molecule has 0 fully saturated rings. The van der Waals surface area contributed by atoms with Crippen LogP contribution in [-0.4, -0.2) is 17.9 Å². The van der Waals surface area contributed by atoms with Crippen molar-refractivity contribution >= 4 is 39.8 Å².